The Morgan fingerprint density at radius 2 is 1.96 bits per heavy atom. The van der Waals surface area contributed by atoms with E-state index in [1.54, 1.807) is 6.07 Å². The number of hydrogen-bond donors (Lipinski definition) is 1. The predicted octanol–water partition coefficient (Wildman–Crippen LogP) is 2.40. The summed E-state index contributed by atoms with van der Waals surface area (Å²) >= 11 is 0. The van der Waals surface area contributed by atoms with Gasteiger partial charge in [0.2, 0.25) is 0 Å². The van der Waals surface area contributed by atoms with E-state index in [0.29, 0.717) is 0 Å². The molecule has 0 heterocycles. The lowest BCUT2D eigenvalue weighted by molar-refractivity contribution is -0.126. The van der Waals surface area contributed by atoms with Gasteiger partial charge in [0.25, 0.3) is 5.92 Å². The number of halogens is 3. The summed E-state index contributed by atoms with van der Waals surface area (Å²) in [5, 5.41) is 19.0. The third-order valence-electron chi connectivity index (χ3n) is 4.20. The van der Waals surface area contributed by atoms with E-state index in [-0.39, 0.29) is 22.6 Å². The Labute approximate surface area is 154 Å². The van der Waals surface area contributed by atoms with Crippen LogP contribution in [0.2, 0.25) is 0 Å². The lowest BCUT2D eigenvalue weighted by Gasteiger charge is -2.28. The Bertz CT molecular complexity index is 1090. The summed E-state index contributed by atoms with van der Waals surface area (Å²) < 4.78 is 71.4. The second-order valence-corrected chi connectivity index (χ2v) is 8.21. The summed E-state index contributed by atoms with van der Waals surface area (Å²) in [5.41, 5.74) is -4.25. The highest BCUT2D eigenvalue weighted by atomic mass is 32.2. The molecule has 0 bridgehead atoms. The molecule has 0 saturated carbocycles. The zero-order valence-electron chi connectivity index (χ0n) is 13.8. The normalized spacial score (nSPS) is 20.7. The van der Waals surface area contributed by atoms with Crippen LogP contribution in [-0.2, 0) is 21.8 Å². The van der Waals surface area contributed by atoms with E-state index in [4.69, 9.17) is 17.8 Å². The minimum Gasteiger partial charge on any atom is -0.457 e. The molecule has 2 aromatic rings. The van der Waals surface area contributed by atoms with E-state index < -0.39 is 44.0 Å². The molecule has 1 aliphatic rings. The van der Waals surface area contributed by atoms with Gasteiger partial charge in [-0.1, -0.05) is 0 Å². The SMILES string of the molecule is [B][C@]1(O)c2c(S(C)(=O)=O)ccc(Oc3cc(F)cc(C#N)c3)c2CC1(F)F. The average molecular weight is 393 g/mol. The van der Waals surface area contributed by atoms with Crippen molar-refractivity contribution in [1.82, 2.24) is 0 Å². The van der Waals surface area contributed by atoms with Gasteiger partial charge in [-0.2, -0.15) is 5.26 Å². The lowest BCUT2D eigenvalue weighted by Crippen LogP contribution is -2.43. The Morgan fingerprint density at radius 1 is 1.30 bits per heavy atom. The second kappa shape index (κ2) is 6.01. The van der Waals surface area contributed by atoms with Gasteiger partial charge in [0.05, 0.1) is 16.5 Å². The van der Waals surface area contributed by atoms with Crippen molar-refractivity contribution < 1.29 is 31.4 Å². The number of rotatable bonds is 3. The molecule has 0 fully saturated rings. The average Bonchev–Trinajstić information content (AvgIpc) is 2.72. The van der Waals surface area contributed by atoms with Gasteiger partial charge in [-0.15, -0.1) is 0 Å². The summed E-state index contributed by atoms with van der Waals surface area (Å²) in [6.45, 7) is 0. The van der Waals surface area contributed by atoms with Crippen LogP contribution in [0.1, 0.15) is 16.7 Å². The van der Waals surface area contributed by atoms with Crippen molar-refractivity contribution in [2.24, 2.45) is 0 Å². The summed E-state index contributed by atoms with van der Waals surface area (Å²) in [4.78, 5) is -0.552. The number of fused-ring (bicyclic) bond motifs is 1. The number of alkyl halides is 2. The van der Waals surface area contributed by atoms with Gasteiger partial charge in [-0.3, -0.25) is 0 Å². The maximum absolute atomic E-state index is 14.3. The molecule has 2 aromatic carbocycles. The quantitative estimate of drug-likeness (QED) is 0.810. The van der Waals surface area contributed by atoms with E-state index in [9.17, 15) is 26.7 Å². The fraction of sp³-hybridized carbons (Fsp3) is 0.235. The summed E-state index contributed by atoms with van der Waals surface area (Å²) in [6.07, 6.45) is -0.282. The van der Waals surface area contributed by atoms with Crippen molar-refractivity contribution in [1.29, 1.82) is 5.26 Å². The van der Waals surface area contributed by atoms with Gasteiger partial charge in [0.1, 0.15) is 30.7 Å². The zero-order chi connectivity index (χ0) is 20.2. The van der Waals surface area contributed by atoms with Crippen molar-refractivity contribution in [2.45, 2.75) is 22.7 Å². The van der Waals surface area contributed by atoms with Crippen LogP contribution in [0.15, 0.2) is 35.2 Å². The molecule has 0 amide bonds. The molecule has 2 radical (unpaired) electrons. The molecule has 3 rings (SSSR count). The largest absolute Gasteiger partial charge is 0.457 e. The summed E-state index contributed by atoms with van der Waals surface area (Å²) in [5.74, 6) is -5.02. The van der Waals surface area contributed by atoms with E-state index in [2.05, 4.69) is 0 Å². The van der Waals surface area contributed by atoms with Crippen LogP contribution in [-0.4, -0.2) is 33.5 Å². The highest BCUT2D eigenvalue weighted by molar-refractivity contribution is 7.90. The van der Waals surface area contributed by atoms with Gasteiger partial charge in [-0.05, 0) is 24.3 Å². The molecule has 138 valence electrons. The molecule has 0 aromatic heterocycles. The molecule has 27 heavy (non-hydrogen) atoms. The zero-order valence-corrected chi connectivity index (χ0v) is 14.6. The minimum absolute atomic E-state index is 0.0601. The minimum atomic E-state index is -3.99. The standard InChI is InChI=1S/C17H11BF3NO4S/c1-27(24,25)14-3-2-13(12-7-16(20,21)17(18,23)15(12)14)26-11-5-9(8-22)4-10(19)6-11/h2-6,23H,7H2,1H3/t17-/m0/s1. The number of benzene rings is 2. The van der Waals surface area contributed by atoms with Crippen LogP contribution in [0, 0.1) is 17.1 Å². The first-order valence-corrected chi connectivity index (χ1v) is 9.40. The van der Waals surface area contributed by atoms with Crippen LogP contribution in [0.3, 0.4) is 0 Å². The smallest absolute Gasteiger partial charge is 0.275 e. The molecule has 0 spiro atoms. The highest BCUT2D eigenvalue weighted by Crippen LogP contribution is 2.51. The number of nitriles is 1. The lowest BCUT2D eigenvalue weighted by atomic mass is 9.74. The van der Waals surface area contributed by atoms with E-state index in [0.717, 1.165) is 30.5 Å². The van der Waals surface area contributed by atoms with E-state index >= 15 is 0 Å². The molecule has 1 N–H and O–H groups in total. The predicted molar refractivity (Wildman–Crippen MR) is 89.0 cm³/mol. The summed E-state index contributed by atoms with van der Waals surface area (Å²) in [7, 11) is 1.39. The molecule has 5 nitrogen and oxygen atoms in total. The first-order valence-electron chi connectivity index (χ1n) is 7.51. The van der Waals surface area contributed by atoms with Gasteiger partial charge >= 0.3 is 0 Å². The van der Waals surface area contributed by atoms with Gasteiger partial charge < -0.3 is 9.84 Å². The van der Waals surface area contributed by atoms with Gasteiger partial charge in [-0.25, -0.2) is 21.6 Å². The third-order valence-corrected chi connectivity index (χ3v) is 5.34. The van der Waals surface area contributed by atoms with Crippen molar-refractivity contribution in [2.75, 3.05) is 6.26 Å². The van der Waals surface area contributed by atoms with Crippen molar-refractivity contribution in [3.05, 3.63) is 52.8 Å². The molecule has 1 aliphatic carbocycles. The van der Waals surface area contributed by atoms with Crippen LogP contribution >= 0.6 is 0 Å². The fourth-order valence-electron chi connectivity index (χ4n) is 2.96. The van der Waals surface area contributed by atoms with Crippen LogP contribution in [0.5, 0.6) is 11.5 Å². The Balaban J connectivity index is 2.20. The first kappa shape index (κ1) is 19.3. The first-order chi connectivity index (χ1) is 12.4. The van der Waals surface area contributed by atoms with Crippen molar-refractivity contribution in [3.8, 4) is 17.6 Å². The summed E-state index contributed by atoms with van der Waals surface area (Å²) in [6, 6.07) is 6.88. The molecule has 1 atom stereocenters. The number of aliphatic hydroxyl groups is 1. The molecular formula is C17H11BF3NO4S. The molecule has 0 aliphatic heterocycles. The fourth-order valence-corrected chi connectivity index (χ4v) is 3.92. The monoisotopic (exact) mass is 393 g/mol. The second-order valence-electron chi connectivity index (χ2n) is 6.22. The highest BCUT2D eigenvalue weighted by Gasteiger charge is 2.58. The van der Waals surface area contributed by atoms with Crippen LogP contribution in [0.4, 0.5) is 13.2 Å². The van der Waals surface area contributed by atoms with Gasteiger partial charge in [0.15, 0.2) is 9.84 Å². The van der Waals surface area contributed by atoms with Gasteiger partial charge in [0, 0.05) is 29.9 Å². The number of hydrogen-bond acceptors (Lipinski definition) is 5. The van der Waals surface area contributed by atoms with Crippen LogP contribution in [0.25, 0.3) is 0 Å². The Hall–Kier alpha value is -2.51. The van der Waals surface area contributed by atoms with Crippen molar-refractivity contribution >= 4 is 17.7 Å². The number of nitrogens with zero attached hydrogens (tertiary/aromatic N) is 1. The topological polar surface area (TPSA) is 87.4 Å². The number of sulfone groups is 1. The Kier molecular flexibility index (Phi) is 4.28. The van der Waals surface area contributed by atoms with E-state index in [1.165, 1.54) is 6.07 Å². The maximum Gasteiger partial charge on any atom is 0.275 e. The maximum atomic E-state index is 14.3. The molecule has 10 heteroatoms. The van der Waals surface area contributed by atoms with Crippen molar-refractivity contribution in [3.63, 3.8) is 0 Å². The number of ether oxygens (including phenoxy) is 1. The molecule has 0 saturated heterocycles. The van der Waals surface area contributed by atoms with E-state index in [1.807, 2.05) is 0 Å². The molecule has 0 unspecified atom stereocenters. The third kappa shape index (κ3) is 3.17. The Morgan fingerprint density at radius 3 is 2.56 bits per heavy atom. The molecular weight excluding hydrogens is 382 g/mol. The van der Waals surface area contributed by atoms with Crippen LogP contribution < -0.4 is 4.74 Å².